The molecule has 0 aromatic heterocycles. The van der Waals surface area contributed by atoms with Gasteiger partial charge in [-0.3, -0.25) is 0 Å². The third-order valence-corrected chi connectivity index (χ3v) is 1.83. The first-order valence-electron chi connectivity index (χ1n) is 4.48. The smallest absolute Gasteiger partial charge is 0.201 e. The predicted octanol–water partition coefficient (Wildman–Crippen LogP) is 4.19. The van der Waals surface area contributed by atoms with Crippen molar-refractivity contribution in [1.82, 2.24) is 0 Å². The highest BCUT2D eigenvalue weighted by atomic mass is 19.3. The summed E-state index contributed by atoms with van der Waals surface area (Å²) in [6, 6.07) is 0. The molecule has 0 radical (unpaired) electrons. The summed E-state index contributed by atoms with van der Waals surface area (Å²) in [6.45, 7) is 6.47. The van der Waals surface area contributed by atoms with Crippen molar-refractivity contribution in [2.75, 3.05) is 0 Å². The molecule has 0 saturated carbocycles. The first-order valence-corrected chi connectivity index (χ1v) is 4.48. The van der Waals surface area contributed by atoms with Crippen LogP contribution in [0.4, 0.5) is 8.78 Å². The molecule has 0 saturated heterocycles. The number of alkyl halides is 2. The van der Waals surface area contributed by atoms with Crippen molar-refractivity contribution in [3.63, 3.8) is 0 Å². The largest absolute Gasteiger partial charge is 0.271 e. The molecule has 0 aromatic rings. The molecule has 0 fully saturated rings. The number of halogens is 2. The van der Waals surface area contributed by atoms with Gasteiger partial charge in [0.15, 0.2) is 0 Å². The quantitative estimate of drug-likeness (QED) is 0.582. The molecular weight excluding hydrogens is 170 g/mol. The normalized spacial score (nSPS) is 14.6. The van der Waals surface area contributed by atoms with Crippen molar-refractivity contribution in [3.8, 4) is 0 Å². The molecule has 0 unspecified atom stereocenters. The van der Waals surface area contributed by atoms with Crippen LogP contribution in [0.15, 0.2) is 24.3 Å². The molecule has 13 heavy (non-hydrogen) atoms. The minimum Gasteiger partial charge on any atom is -0.201 e. The van der Waals surface area contributed by atoms with Gasteiger partial charge < -0.3 is 0 Å². The lowest BCUT2D eigenvalue weighted by molar-refractivity contribution is -0.0501. The summed E-state index contributed by atoms with van der Waals surface area (Å²) in [5.41, 5.74) is -1.00. The van der Waals surface area contributed by atoms with Gasteiger partial charge in [-0.2, -0.15) is 0 Å². The van der Waals surface area contributed by atoms with E-state index in [1.807, 2.05) is 19.1 Å². The molecule has 0 heterocycles. The summed E-state index contributed by atoms with van der Waals surface area (Å²) >= 11 is 0. The van der Waals surface area contributed by atoms with Gasteiger partial charge in [0.25, 0.3) is 5.92 Å². The highest BCUT2D eigenvalue weighted by molar-refractivity contribution is 5.03. The summed E-state index contributed by atoms with van der Waals surface area (Å²) in [4.78, 5) is 0. The van der Waals surface area contributed by atoms with E-state index in [1.54, 1.807) is 0 Å². The molecule has 0 spiro atoms. The van der Waals surface area contributed by atoms with E-state index in [9.17, 15) is 8.78 Å². The van der Waals surface area contributed by atoms with Gasteiger partial charge in [-0.15, -0.1) is 0 Å². The zero-order valence-electron chi connectivity index (χ0n) is 8.77. The Labute approximate surface area is 79.3 Å². The van der Waals surface area contributed by atoms with Crippen molar-refractivity contribution < 1.29 is 8.78 Å². The Morgan fingerprint density at radius 3 is 2.00 bits per heavy atom. The fraction of sp³-hybridized carbons (Fsp3) is 0.636. The first-order chi connectivity index (χ1) is 5.81. The monoisotopic (exact) mass is 188 g/mol. The Morgan fingerprint density at radius 2 is 1.62 bits per heavy atom. The summed E-state index contributed by atoms with van der Waals surface area (Å²) in [5, 5.41) is 0. The Kier molecular flexibility index (Phi) is 4.31. The second-order valence-corrected chi connectivity index (χ2v) is 4.08. The van der Waals surface area contributed by atoms with Gasteiger partial charge in [-0.05, 0) is 19.4 Å². The number of rotatable bonds is 3. The molecule has 0 bridgehead atoms. The summed E-state index contributed by atoms with van der Waals surface area (Å²) in [6.07, 6.45) is 6.76. The van der Waals surface area contributed by atoms with E-state index in [1.165, 1.54) is 26.8 Å². The number of allylic oxidation sites excluding steroid dienone is 4. The molecular formula is C11H18F2. The van der Waals surface area contributed by atoms with Crippen molar-refractivity contribution in [1.29, 1.82) is 0 Å². The summed E-state index contributed by atoms with van der Waals surface area (Å²) in [7, 11) is 0. The van der Waals surface area contributed by atoms with Crippen LogP contribution in [-0.4, -0.2) is 5.92 Å². The lowest BCUT2D eigenvalue weighted by Gasteiger charge is -2.27. The van der Waals surface area contributed by atoms with E-state index < -0.39 is 11.3 Å². The van der Waals surface area contributed by atoms with Gasteiger partial charge in [-0.1, -0.05) is 39.0 Å². The lowest BCUT2D eigenvalue weighted by Crippen LogP contribution is -2.31. The maximum atomic E-state index is 13.2. The molecule has 2 heteroatoms. The number of hydrogen-bond acceptors (Lipinski definition) is 0. The van der Waals surface area contributed by atoms with Gasteiger partial charge in [0.05, 0.1) is 0 Å². The van der Waals surface area contributed by atoms with Crippen molar-refractivity contribution in [2.24, 2.45) is 5.41 Å². The third kappa shape index (κ3) is 4.20. The minimum atomic E-state index is -2.73. The van der Waals surface area contributed by atoms with Crippen LogP contribution in [0.25, 0.3) is 0 Å². The van der Waals surface area contributed by atoms with Crippen LogP contribution in [0.5, 0.6) is 0 Å². The fourth-order valence-corrected chi connectivity index (χ4v) is 0.681. The average molecular weight is 188 g/mol. The summed E-state index contributed by atoms with van der Waals surface area (Å²) < 4.78 is 26.5. The van der Waals surface area contributed by atoms with Crippen LogP contribution in [0.1, 0.15) is 34.1 Å². The van der Waals surface area contributed by atoms with Crippen LogP contribution < -0.4 is 0 Å². The third-order valence-electron chi connectivity index (χ3n) is 1.83. The molecule has 0 rings (SSSR count). The SMILES string of the molecule is C/C=C\C/C=C\C(F)(F)C(C)(C)C. The molecule has 0 aliphatic heterocycles. The fourth-order valence-electron chi connectivity index (χ4n) is 0.681. The van der Waals surface area contributed by atoms with Crippen LogP contribution >= 0.6 is 0 Å². The van der Waals surface area contributed by atoms with Gasteiger partial charge in [0, 0.05) is 5.41 Å². The second-order valence-electron chi connectivity index (χ2n) is 4.08. The maximum Gasteiger partial charge on any atom is 0.271 e. The van der Waals surface area contributed by atoms with Gasteiger partial charge >= 0.3 is 0 Å². The van der Waals surface area contributed by atoms with Gasteiger partial charge in [-0.25, -0.2) is 8.78 Å². The van der Waals surface area contributed by atoms with Crippen LogP contribution in [0.3, 0.4) is 0 Å². The highest BCUT2D eigenvalue weighted by Crippen LogP contribution is 2.36. The molecule has 0 nitrogen and oxygen atoms in total. The first kappa shape index (κ1) is 12.3. The maximum absolute atomic E-state index is 13.2. The topological polar surface area (TPSA) is 0 Å². The van der Waals surface area contributed by atoms with E-state index in [0.717, 1.165) is 6.08 Å². The molecule has 0 aliphatic rings. The van der Waals surface area contributed by atoms with Gasteiger partial charge in [0.1, 0.15) is 0 Å². The Balaban J connectivity index is 4.25. The van der Waals surface area contributed by atoms with E-state index >= 15 is 0 Å². The van der Waals surface area contributed by atoms with E-state index in [0.29, 0.717) is 6.42 Å². The molecule has 0 aromatic carbocycles. The highest BCUT2D eigenvalue weighted by Gasteiger charge is 2.39. The summed E-state index contributed by atoms with van der Waals surface area (Å²) in [5.74, 6) is -2.73. The average Bonchev–Trinajstić information content (AvgIpc) is 1.96. The zero-order valence-corrected chi connectivity index (χ0v) is 8.77. The van der Waals surface area contributed by atoms with E-state index in [-0.39, 0.29) is 0 Å². The minimum absolute atomic E-state index is 0.572. The lowest BCUT2D eigenvalue weighted by atomic mass is 9.88. The predicted molar refractivity (Wildman–Crippen MR) is 53.0 cm³/mol. The zero-order chi connectivity index (χ0) is 10.5. The van der Waals surface area contributed by atoms with Gasteiger partial charge in [0.2, 0.25) is 0 Å². The molecule has 0 aliphatic carbocycles. The van der Waals surface area contributed by atoms with Crippen molar-refractivity contribution in [2.45, 2.75) is 40.0 Å². The second kappa shape index (κ2) is 4.54. The molecule has 0 N–H and O–H groups in total. The van der Waals surface area contributed by atoms with E-state index in [4.69, 9.17) is 0 Å². The Morgan fingerprint density at radius 1 is 1.08 bits per heavy atom. The Hall–Kier alpha value is -0.660. The number of hydrogen-bond donors (Lipinski definition) is 0. The standard InChI is InChI=1S/C11H18F2/c1-5-6-7-8-9-11(12,13)10(2,3)4/h5-6,8-9H,7H2,1-4H3/b6-5-,9-8-. The van der Waals surface area contributed by atoms with Crippen LogP contribution in [0, 0.1) is 5.41 Å². The van der Waals surface area contributed by atoms with E-state index in [2.05, 4.69) is 0 Å². The van der Waals surface area contributed by atoms with Crippen LogP contribution in [-0.2, 0) is 0 Å². The molecule has 0 atom stereocenters. The molecule has 0 amide bonds. The van der Waals surface area contributed by atoms with Crippen LogP contribution in [0.2, 0.25) is 0 Å². The molecule has 76 valence electrons. The Bertz CT molecular complexity index is 195. The van der Waals surface area contributed by atoms with Crippen molar-refractivity contribution in [3.05, 3.63) is 24.3 Å². The van der Waals surface area contributed by atoms with Crippen molar-refractivity contribution >= 4 is 0 Å².